The molecule has 0 fully saturated rings. The van der Waals surface area contributed by atoms with Crippen molar-refractivity contribution in [3.05, 3.63) is 0 Å². The molecule has 0 amide bonds. The molecular formula is C8H13FO4. The van der Waals surface area contributed by atoms with Gasteiger partial charge in [-0.25, -0.2) is 0 Å². The van der Waals surface area contributed by atoms with E-state index in [1.807, 2.05) is 0 Å². The third-order valence-corrected chi connectivity index (χ3v) is 0.918. The number of carboxylic acids is 1. The first-order chi connectivity index (χ1) is 5.59. The van der Waals surface area contributed by atoms with E-state index in [1.165, 1.54) is 0 Å². The Morgan fingerprint density at radius 1 is 1.15 bits per heavy atom. The number of carbonyl (C=O) groups excluding carboxylic acids is 2. The van der Waals surface area contributed by atoms with E-state index in [0.717, 1.165) is 6.92 Å². The average Bonchev–Trinajstić information content (AvgIpc) is 1.86. The fourth-order valence-corrected chi connectivity index (χ4v) is 0. The minimum atomic E-state index is -1.88. The molecule has 0 saturated heterocycles. The van der Waals surface area contributed by atoms with Crippen LogP contribution in [0.2, 0.25) is 0 Å². The van der Waals surface area contributed by atoms with Gasteiger partial charge in [-0.05, 0) is 20.8 Å². The zero-order valence-corrected chi connectivity index (χ0v) is 8.05. The summed E-state index contributed by atoms with van der Waals surface area (Å²) >= 11 is 0. The molecule has 0 saturated carbocycles. The Morgan fingerprint density at radius 2 is 1.31 bits per heavy atom. The molecular weight excluding hydrogens is 179 g/mol. The third kappa shape index (κ3) is 10.7. The van der Waals surface area contributed by atoms with Gasteiger partial charge in [0.05, 0.1) is 5.41 Å². The van der Waals surface area contributed by atoms with Crippen molar-refractivity contribution in [3.63, 3.8) is 0 Å². The highest BCUT2D eigenvalue weighted by molar-refractivity contribution is 6.31. The van der Waals surface area contributed by atoms with Crippen LogP contribution in [0, 0.1) is 5.41 Å². The molecule has 0 aliphatic heterocycles. The van der Waals surface area contributed by atoms with Crippen LogP contribution in [0.25, 0.3) is 0 Å². The molecule has 0 aliphatic carbocycles. The molecule has 0 aromatic rings. The highest BCUT2D eigenvalue weighted by Crippen LogP contribution is 2.11. The lowest BCUT2D eigenvalue weighted by Gasteiger charge is -2.08. The van der Waals surface area contributed by atoms with Crippen LogP contribution in [0.15, 0.2) is 0 Å². The number of rotatable bonds is 1. The molecule has 0 spiro atoms. The van der Waals surface area contributed by atoms with Gasteiger partial charge < -0.3 is 5.11 Å². The molecule has 13 heavy (non-hydrogen) atoms. The van der Waals surface area contributed by atoms with Crippen molar-refractivity contribution in [2.24, 2.45) is 5.41 Å². The normalized spacial score (nSPS) is 9.62. The van der Waals surface area contributed by atoms with Crippen LogP contribution >= 0.6 is 0 Å². The zero-order chi connectivity index (χ0) is 11.2. The predicted octanol–water partition coefficient (Wildman–Crippen LogP) is 1.19. The number of aliphatic carboxylic acids is 1. The SMILES string of the molecule is CC(=O)C(=O)F.CC(C)(C)C(=O)O. The first-order valence-electron chi connectivity index (χ1n) is 3.52. The number of carbonyl (C=O) groups is 3. The summed E-state index contributed by atoms with van der Waals surface area (Å²) in [6, 6.07) is -1.88. The first-order valence-corrected chi connectivity index (χ1v) is 3.52. The second-order valence-electron chi connectivity index (χ2n) is 3.39. The first kappa shape index (κ1) is 14.3. The minimum absolute atomic E-state index is 0.583. The molecule has 0 heterocycles. The Labute approximate surface area is 75.7 Å². The summed E-state index contributed by atoms with van der Waals surface area (Å²) in [6.45, 7) is 5.86. The topological polar surface area (TPSA) is 71.4 Å². The summed E-state index contributed by atoms with van der Waals surface area (Å²) in [6.07, 6.45) is 0. The molecule has 0 unspecified atom stereocenters. The van der Waals surface area contributed by atoms with Crippen LogP contribution in [0.4, 0.5) is 4.39 Å². The van der Waals surface area contributed by atoms with Gasteiger partial charge >= 0.3 is 12.0 Å². The Morgan fingerprint density at radius 3 is 1.31 bits per heavy atom. The molecule has 0 radical (unpaired) electrons. The van der Waals surface area contributed by atoms with Crippen LogP contribution in [0.1, 0.15) is 27.7 Å². The van der Waals surface area contributed by atoms with Gasteiger partial charge in [-0.15, -0.1) is 0 Å². The van der Waals surface area contributed by atoms with Crippen LogP contribution in [-0.4, -0.2) is 22.9 Å². The second-order valence-corrected chi connectivity index (χ2v) is 3.39. The molecule has 0 atom stereocenters. The lowest BCUT2D eigenvalue weighted by atomic mass is 9.98. The zero-order valence-electron chi connectivity index (χ0n) is 8.05. The highest BCUT2D eigenvalue weighted by atomic mass is 19.1. The highest BCUT2D eigenvalue weighted by Gasteiger charge is 2.18. The summed E-state index contributed by atoms with van der Waals surface area (Å²) in [5, 5.41) is 8.25. The van der Waals surface area contributed by atoms with Gasteiger partial charge in [0.2, 0.25) is 5.78 Å². The van der Waals surface area contributed by atoms with Gasteiger partial charge in [-0.2, -0.15) is 4.39 Å². The fraction of sp³-hybridized carbons (Fsp3) is 0.625. The van der Waals surface area contributed by atoms with Gasteiger partial charge in [0.25, 0.3) is 0 Å². The number of carboxylic acid groups (broad SMARTS) is 1. The standard InChI is InChI=1S/C5H10O2.C3H3FO2/c1-5(2,3)4(6)7;1-2(5)3(4)6/h1-3H3,(H,6,7);1H3. The number of hydrogen-bond acceptors (Lipinski definition) is 3. The molecule has 0 rings (SSSR count). The predicted molar refractivity (Wildman–Crippen MR) is 43.9 cm³/mol. The van der Waals surface area contributed by atoms with Crippen LogP contribution in [0.3, 0.4) is 0 Å². The van der Waals surface area contributed by atoms with Crippen molar-refractivity contribution in [1.29, 1.82) is 0 Å². The molecule has 4 nitrogen and oxygen atoms in total. The van der Waals surface area contributed by atoms with Gasteiger partial charge in [0.15, 0.2) is 0 Å². The maximum atomic E-state index is 10.8. The number of ketones is 1. The molecule has 0 bridgehead atoms. The van der Waals surface area contributed by atoms with Gasteiger partial charge in [-0.1, -0.05) is 0 Å². The van der Waals surface area contributed by atoms with Gasteiger partial charge in [0.1, 0.15) is 0 Å². The number of hydrogen-bond donors (Lipinski definition) is 1. The average molecular weight is 192 g/mol. The Balaban J connectivity index is 0. The quantitative estimate of drug-likeness (QED) is 0.500. The van der Waals surface area contributed by atoms with Crippen molar-refractivity contribution < 1.29 is 23.9 Å². The summed E-state index contributed by atoms with van der Waals surface area (Å²) < 4.78 is 10.8. The fourth-order valence-electron chi connectivity index (χ4n) is 0. The second kappa shape index (κ2) is 5.40. The Kier molecular flexibility index (Phi) is 5.93. The third-order valence-electron chi connectivity index (χ3n) is 0.918. The lowest BCUT2D eigenvalue weighted by Crippen LogP contribution is -2.18. The van der Waals surface area contributed by atoms with E-state index >= 15 is 0 Å². The van der Waals surface area contributed by atoms with E-state index in [4.69, 9.17) is 9.90 Å². The molecule has 1 N–H and O–H groups in total. The van der Waals surface area contributed by atoms with Gasteiger partial charge in [0, 0.05) is 6.92 Å². The number of halogens is 1. The van der Waals surface area contributed by atoms with Gasteiger partial charge in [-0.3, -0.25) is 14.4 Å². The molecule has 0 aliphatic rings. The largest absolute Gasteiger partial charge is 0.481 e. The van der Waals surface area contributed by atoms with Crippen molar-refractivity contribution in [2.75, 3.05) is 0 Å². The van der Waals surface area contributed by atoms with E-state index in [2.05, 4.69) is 0 Å². The van der Waals surface area contributed by atoms with Crippen LogP contribution < -0.4 is 0 Å². The molecule has 5 heteroatoms. The minimum Gasteiger partial charge on any atom is -0.481 e. The molecule has 76 valence electrons. The van der Waals surface area contributed by atoms with E-state index < -0.39 is 23.2 Å². The lowest BCUT2D eigenvalue weighted by molar-refractivity contribution is -0.145. The van der Waals surface area contributed by atoms with Crippen LogP contribution in [-0.2, 0) is 14.4 Å². The Hall–Kier alpha value is -1.26. The summed E-state index contributed by atoms with van der Waals surface area (Å²) in [4.78, 5) is 28.6. The van der Waals surface area contributed by atoms with Crippen molar-refractivity contribution in [1.82, 2.24) is 0 Å². The maximum Gasteiger partial charge on any atom is 0.367 e. The monoisotopic (exact) mass is 192 g/mol. The van der Waals surface area contributed by atoms with E-state index in [1.54, 1.807) is 20.8 Å². The van der Waals surface area contributed by atoms with E-state index in [0.29, 0.717) is 0 Å². The van der Waals surface area contributed by atoms with Crippen molar-refractivity contribution in [3.8, 4) is 0 Å². The Bertz CT molecular complexity index is 203. The molecule has 0 aromatic carbocycles. The number of Topliss-reactive ketones (excluding diaryl/α,β-unsaturated/α-hetero) is 1. The smallest absolute Gasteiger partial charge is 0.367 e. The summed E-state index contributed by atoms with van der Waals surface area (Å²) in [5.74, 6) is -1.80. The van der Waals surface area contributed by atoms with E-state index in [-0.39, 0.29) is 0 Å². The summed E-state index contributed by atoms with van der Waals surface area (Å²) in [7, 11) is 0. The van der Waals surface area contributed by atoms with E-state index in [9.17, 15) is 14.0 Å². The van der Waals surface area contributed by atoms with Crippen molar-refractivity contribution in [2.45, 2.75) is 27.7 Å². The summed E-state index contributed by atoms with van der Waals surface area (Å²) in [5.41, 5.74) is -0.583. The van der Waals surface area contributed by atoms with Crippen LogP contribution in [0.5, 0.6) is 0 Å². The molecule has 0 aromatic heterocycles. The van der Waals surface area contributed by atoms with Crippen molar-refractivity contribution >= 4 is 17.8 Å². The maximum absolute atomic E-state index is 10.8.